The minimum Gasteiger partial charge on any atom is -0.337 e. The summed E-state index contributed by atoms with van der Waals surface area (Å²) in [5, 5.41) is 3.98. The Morgan fingerprint density at radius 3 is 2.88 bits per heavy atom. The van der Waals surface area contributed by atoms with Gasteiger partial charge < -0.3 is 4.52 Å². The number of benzene rings is 1. The molecule has 122 valence electrons. The van der Waals surface area contributed by atoms with Crippen LogP contribution in [0.25, 0.3) is 11.5 Å². The van der Waals surface area contributed by atoms with Crippen molar-refractivity contribution in [3.05, 3.63) is 65.9 Å². The summed E-state index contributed by atoms with van der Waals surface area (Å²) in [6.07, 6.45) is 2.63. The Kier molecular flexibility index (Phi) is 4.04. The molecule has 5 nitrogen and oxygen atoms in total. The van der Waals surface area contributed by atoms with E-state index in [0.29, 0.717) is 24.0 Å². The van der Waals surface area contributed by atoms with Gasteiger partial charge in [0.1, 0.15) is 11.5 Å². The van der Waals surface area contributed by atoms with E-state index in [1.807, 2.05) is 30.3 Å². The van der Waals surface area contributed by atoms with Gasteiger partial charge in [0.05, 0.1) is 6.54 Å². The van der Waals surface area contributed by atoms with E-state index in [-0.39, 0.29) is 11.7 Å². The maximum atomic E-state index is 13.9. The van der Waals surface area contributed by atoms with Crippen LogP contribution in [-0.4, -0.2) is 33.1 Å². The summed E-state index contributed by atoms with van der Waals surface area (Å²) in [5.41, 5.74) is 1.48. The van der Waals surface area contributed by atoms with Gasteiger partial charge in [0.15, 0.2) is 0 Å². The minimum absolute atomic E-state index is 0.125. The molecule has 0 N–H and O–H groups in total. The molecule has 1 unspecified atom stereocenters. The number of pyridine rings is 1. The van der Waals surface area contributed by atoms with E-state index >= 15 is 0 Å². The third kappa shape index (κ3) is 3.05. The van der Waals surface area contributed by atoms with E-state index in [1.165, 1.54) is 6.07 Å². The minimum atomic E-state index is -0.125. The highest BCUT2D eigenvalue weighted by Crippen LogP contribution is 2.29. The summed E-state index contributed by atoms with van der Waals surface area (Å²) in [4.78, 5) is 10.8. The van der Waals surface area contributed by atoms with Gasteiger partial charge in [0.25, 0.3) is 0 Å². The Balaban J connectivity index is 1.42. The van der Waals surface area contributed by atoms with E-state index in [1.54, 1.807) is 12.3 Å². The summed E-state index contributed by atoms with van der Waals surface area (Å²) < 4.78 is 19.2. The number of rotatable bonds is 4. The molecule has 1 saturated heterocycles. The van der Waals surface area contributed by atoms with Crippen molar-refractivity contribution in [2.75, 3.05) is 13.1 Å². The van der Waals surface area contributed by atoms with Crippen LogP contribution in [0.1, 0.15) is 23.8 Å². The molecule has 1 fully saturated rings. The zero-order valence-corrected chi connectivity index (χ0v) is 13.1. The molecule has 0 saturated carbocycles. The van der Waals surface area contributed by atoms with Crippen LogP contribution in [0.2, 0.25) is 0 Å². The molecule has 0 spiro atoms. The van der Waals surface area contributed by atoms with Gasteiger partial charge in [-0.15, -0.1) is 0 Å². The Morgan fingerprint density at radius 1 is 1.17 bits per heavy atom. The van der Waals surface area contributed by atoms with Crippen LogP contribution in [-0.2, 0) is 6.54 Å². The summed E-state index contributed by atoms with van der Waals surface area (Å²) in [6, 6.07) is 12.6. The predicted molar refractivity (Wildman–Crippen MR) is 86.6 cm³/mol. The number of hydrogen-bond acceptors (Lipinski definition) is 5. The van der Waals surface area contributed by atoms with Gasteiger partial charge >= 0.3 is 0 Å². The monoisotopic (exact) mass is 324 g/mol. The second-order valence-corrected chi connectivity index (χ2v) is 5.97. The fraction of sp³-hybridized carbons (Fsp3) is 0.278. The average Bonchev–Trinajstić information content (AvgIpc) is 3.26. The van der Waals surface area contributed by atoms with Crippen LogP contribution in [0.5, 0.6) is 0 Å². The van der Waals surface area contributed by atoms with E-state index < -0.39 is 0 Å². The fourth-order valence-corrected chi connectivity index (χ4v) is 3.15. The zero-order valence-electron chi connectivity index (χ0n) is 13.1. The molecule has 1 aliphatic heterocycles. The van der Waals surface area contributed by atoms with Crippen molar-refractivity contribution in [1.29, 1.82) is 0 Å². The highest BCUT2D eigenvalue weighted by atomic mass is 19.1. The van der Waals surface area contributed by atoms with Crippen LogP contribution in [0.4, 0.5) is 4.39 Å². The first-order valence-electron chi connectivity index (χ1n) is 8.00. The van der Waals surface area contributed by atoms with Crippen LogP contribution < -0.4 is 0 Å². The third-order valence-electron chi connectivity index (χ3n) is 4.34. The third-order valence-corrected chi connectivity index (χ3v) is 4.34. The number of likely N-dealkylation sites (tertiary alicyclic amines) is 1. The van der Waals surface area contributed by atoms with Crippen LogP contribution >= 0.6 is 0 Å². The Bertz CT molecular complexity index is 821. The lowest BCUT2D eigenvalue weighted by Gasteiger charge is -2.14. The van der Waals surface area contributed by atoms with Gasteiger partial charge in [0, 0.05) is 18.7 Å². The molecule has 1 atom stereocenters. The lowest BCUT2D eigenvalue weighted by Crippen LogP contribution is -2.20. The molecular weight excluding hydrogens is 307 g/mol. The predicted octanol–water partition coefficient (Wildman–Crippen LogP) is 3.26. The molecule has 4 rings (SSSR count). The maximum absolute atomic E-state index is 13.9. The average molecular weight is 324 g/mol. The zero-order chi connectivity index (χ0) is 16.4. The molecule has 3 heterocycles. The topological polar surface area (TPSA) is 55.1 Å². The van der Waals surface area contributed by atoms with Crippen molar-refractivity contribution in [2.24, 2.45) is 0 Å². The molecular formula is C18H17FN4O. The SMILES string of the molecule is Fc1ccccc1C1CCN(Cc2nc(-c3ccccn3)no2)C1. The lowest BCUT2D eigenvalue weighted by atomic mass is 9.98. The number of nitrogens with zero attached hydrogens (tertiary/aromatic N) is 4. The molecule has 0 bridgehead atoms. The summed E-state index contributed by atoms with van der Waals surface area (Å²) in [5.74, 6) is 1.14. The molecule has 1 aromatic carbocycles. The largest absolute Gasteiger partial charge is 0.337 e. The number of halogens is 1. The first kappa shape index (κ1) is 15.0. The Morgan fingerprint density at radius 2 is 2.04 bits per heavy atom. The van der Waals surface area contributed by atoms with E-state index in [0.717, 1.165) is 25.1 Å². The molecule has 0 radical (unpaired) electrons. The number of hydrogen-bond donors (Lipinski definition) is 0. The van der Waals surface area contributed by atoms with E-state index in [2.05, 4.69) is 20.0 Å². The van der Waals surface area contributed by atoms with Crippen LogP contribution in [0, 0.1) is 5.82 Å². The van der Waals surface area contributed by atoms with Gasteiger partial charge in [-0.05, 0) is 36.7 Å². The lowest BCUT2D eigenvalue weighted by molar-refractivity contribution is 0.265. The Hall–Kier alpha value is -2.60. The summed E-state index contributed by atoms with van der Waals surface area (Å²) in [7, 11) is 0. The Labute approximate surface area is 139 Å². The van der Waals surface area contributed by atoms with Crippen molar-refractivity contribution >= 4 is 0 Å². The first-order valence-corrected chi connectivity index (χ1v) is 8.00. The van der Waals surface area contributed by atoms with Crippen LogP contribution in [0.15, 0.2) is 53.2 Å². The maximum Gasteiger partial charge on any atom is 0.241 e. The second-order valence-electron chi connectivity index (χ2n) is 5.97. The smallest absolute Gasteiger partial charge is 0.241 e. The highest BCUT2D eigenvalue weighted by Gasteiger charge is 2.27. The van der Waals surface area contributed by atoms with Crippen molar-refractivity contribution in [1.82, 2.24) is 20.0 Å². The molecule has 0 amide bonds. The molecule has 1 aliphatic rings. The molecule has 0 aliphatic carbocycles. The quantitative estimate of drug-likeness (QED) is 0.737. The van der Waals surface area contributed by atoms with E-state index in [9.17, 15) is 4.39 Å². The molecule has 3 aromatic rings. The second kappa shape index (κ2) is 6.49. The highest BCUT2D eigenvalue weighted by molar-refractivity contribution is 5.47. The molecule has 6 heteroatoms. The van der Waals surface area contributed by atoms with Crippen molar-refractivity contribution in [2.45, 2.75) is 18.9 Å². The summed E-state index contributed by atoms with van der Waals surface area (Å²) in [6.45, 7) is 2.26. The van der Waals surface area contributed by atoms with Gasteiger partial charge in [-0.1, -0.05) is 29.4 Å². The standard InChI is InChI=1S/C18H17FN4O/c19-15-6-2-1-5-14(15)13-8-10-23(11-13)12-17-21-18(22-24-17)16-7-3-4-9-20-16/h1-7,9,13H,8,10-12H2. The van der Waals surface area contributed by atoms with Crippen molar-refractivity contribution in [3.8, 4) is 11.5 Å². The number of aromatic nitrogens is 3. The fourth-order valence-electron chi connectivity index (χ4n) is 3.15. The van der Waals surface area contributed by atoms with Crippen molar-refractivity contribution < 1.29 is 8.91 Å². The first-order chi connectivity index (χ1) is 11.8. The van der Waals surface area contributed by atoms with Crippen LogP contribution in [0.3, 0.4) is 0 Å². The van der Waals surface area contributed by atoms with E-state index in [4.69, 9.17) is 4.52 Å². The molecule has 2 aromatic heterocycles. The molecule has 24 heavy (non-hydrogen) atoms. The summed E-state index contributed by atoms with van der Waals surface area (Å²) >= 11 is 0. The van der Waals surface area contributed by atoms with Gasteiger partial charge in [0.2, 0.25) is 11.7 Å². The van der Waals surface area contributed by atoms with Gasteiger partial charge in [-0.2, -0.15) is 4.98 Å². The van der Waals surface area contributed by atoms with Gasteiger partial charge in [-0.25, -0.2) is 4.39 Å². The normalized spacial score (nSPS) is 18.1. The van der Waals surface area contributed by atoms with Crippen molar-refractivity contribution in [3.63, 3.8) is 0 Å². The van der Waals surface area contributed by atoms with Gasteiger partial charge in [-0.3, -0.25) is 9.88 Å².